The predicted octanol–water partition coefficient (Wildman–Crippen LogP) is 8.71. The summed E-state index contributed by atoms with van der Waals surface area (Å²) in [6, 6.07) is 0. The Balaban J connectivity index is 6.56. The quantitative estimate of drug-likeness (QED) is 0.332. The average molecular weight is 331 g/mol. The Kier molecular flexibility index (Phi) is 12.7. The van der Waals surface area contributed by atoms with Crippen molar-refractivity contribution in [2.75, 3.05) is 0 Å². The maximum atomic E-state index is 2.44. The van der Waals surface area contributed by atoms with Gasteiger partial charge in [0.2, 0.25) is 0 Å². The topological polar surface area (TPSA) is 0 Å². The minimum absolute atomic E-state index is 1.13. The second kappa shape index (κ2) is 13.3. The lowest BCUT2D eigenvalue weighted by molar-refractivity contribution is 0.896. The van der Waals surface area contributed by atoms with Gasteiger partial charge in [0, 0.05) is 0 Å². The SMILES string of the molecule is CC/C=C(CC)/C(CC)=C(CC)/C(CC)=C(CC)/C(=C/CC)CC. The molecule has 0 rings (SSSR count). The average Bonchev–Trinajstić information content (AvgIpc) is 2.61. The molecule has 0 aromatic carbocycles. The van der Waals surface area contributed by atoms with Crippen LogP contribution in [-0.4, -0.2) is 0 Å². The van der Waals surface area contributed by atoms with Gasteiger partial charge in [-0.05, 0) is 84.8 Å². The van der Waals surface area contributed by atoms with Gasteiger partial charge in [-0.2, -0.15) is 0 Å². The van der Waals surface area contributed by atoms with Crippen LogP contribution in [-0.2, 0) is 0 Å². The van der Waals surface area contributed by atoms with Crippen molar-refractivity contribution in [1.29, 1.82) is 0 Å². The molecule has 0 spiro atoms. The minimum atomic E-state index is 1.13. The summed E-state index contributed by atoms with van der Waals surface area (Å²) in [7, 11) is 0. The van der Waals surface area contributed by atoms with Crippen LogP contribution in [0.15, 0.2) is 45.6 Å². The van der Waals surface area contributed by atoms with E-state index in [2.05, 4.69) is 67.5 Å². The van der Waals surface area contributed by atoms with E-state index >= 15 is 0 Å². The van der Waals surface area contributed by atoms with Crippen LogP contribution in [0.25, 0.3) is 0 Å². The maximum absolute atomic E-state index is 2.44. The molecule has 0 fully saturated rings. The number of hydrogen-bond donors (Lipinski definition) is 0. The van der Waals surface area contributed by atoms with Crippen molar-refractivity contribution in [2.45, 2.75) is 107 Å². The first kappa shape index (κ1) is 23.0. The van der Waals surface area contributed by atoms with E-state index in [0.717, 1.165) is 51.4 Å². The number of rotatable bonds is 11. The van der Waals surface area contributed by atoms with Crippen molar-refractivity contribution in [3.63, 3.8) is 0 Å². The second-order valence-corrected chi connectivity index (χ2v) is 6.31. The molecule has 0 aromatic heterocycles. The van der Waals surface area contributed by atoms with Crippen molar-refractivity contribution in [2.24, 2.45) is 0 Å². The Bertz CT molecular complexity index is 434. The molecular formula is C24H42. The summed E-state index contributed by atoms with van der Waals surface area (Å²) in [6.07, 6.45) is 14.0. The standard InChI is InChI=1S/C24H42/c1-9-17-19(11-3)21(13-5)23(15-7)24(16-8)22(14-6)20(12-4)18-10-2/h17-18H,9-16H2,1-8H3/b19-17+,20-18+,23-21+,24-22+. The van der Waals surface area contributed by atoms with Crippen LogP contribution in [0.1, 0.15) is 107 Å². The predicted molar refractivity (Wildman–Crippen MR) is 113 cm³/mol. The van der Waals surface area contributed by atoms with E-state index in [9.17, 15) is 0 Å². The smallest absolute Gasteiger partial charge is 0.0302 e. The molecule has 0 heterocycles. The third-order valence-corrected chi connectivity index (χ3v) is 4.95. The molecule has 0 saturated heterocycles. The summed E-state index contributed by atoms with van der Waals surface area (Å²) in [4.78, 5) is 0. The van der Waals surface area contributed by atoms with Crippen molar-refractivity contribution in [3.8, 4) is 0 Å². The number of hydrogen-bond acceptors (Lipinski definition) is 0. The van der Waals surface area contributed by atoms with E-state index in [1.54, 1.807) is 33.4 Å². The van der Waals surface area contributed by atoms with Crippen LogP contribution in [0.3, 0.4) is 0 Å². The highest BCUT2D eigenvalue weighted by Gasteiger charge is 2.15. The lowest BCUT2D eigenvalue weighted by atomic mass is 9.83. The molecule has 138 valence electrons. The zero-order chi connectivity index (χ0) is 18.5. The molecule has 0 aliphatic heterocycles. The van der Waals surface area contributed by atoms with Gasteiger partial charge in [0.25, 0.3) is 0 Å². The molecule has 0 saturated carbocycles. The molecule has 0 aromatic rings. The third kappa shape index (κ3) is 6.11. The van der Waals surface area contributed by atoms with E-state index in [1.807, 2.05) is 0 Å². The van der Waals surface area contributed by atoms with E-state index in [4.69, 9.17) is 0 Å². The molecule has 0 unspecified atom stereocenters. The highest BCUT2D eigenvalue weighted by Crippen LogP contribution is 2.35. The summed E-state index contributed by atoms with van der Waals surface area (Å²) in [5.74, 6) is 0. The van der Waals surface area contributed by atoms with Crippen LogP contribution >= 0.6 is 0 Å². The Labute approximate surface area is 152 Å². The Morgan fingerprint density at radius 1 is 0.417 bits per heavy atom. The van der Waals surface area contributed by atoms with Gasteiger partial charge >= 0.3 is 0 Å². The molecule has 0 N–H and O–H groups in total. The van der Waals surface area contributed by atoms with Gasteiger partial charge in [-0.3, -0.25) is 0 Å². The fourth-order valence-corrected chi connectivity index (χ4v) is 3.94. The Hall–Kier alpha value is -1.04. The lowest BCUT2D eigenvalue weighted by Gasteiger charge is -2.22. The van der Waals surface area contributed by atoms with Crippen molar-refractivity contribution < 1.29 is 0 Å². The van der Waals surface area contributed by atoms with Crippen LogP contribution in [0.2, 0.25) is 0 Å². The van der Waals surface area contributed by atoms with Crippen LogP contribution < -0.4 is 0 Å². The molecule has 0 bridgehead atoms. The van der Waals surface area contributed by atoms with Crippen LogP contribution in [0, 0.1) is 0 Å². The van der Waals surface area contributed by atoms with Crippen molar-refractivity contribution >= 4 is 0 Å². The highest BCUT2D eigenvalue weighted by molar-refractivity contribution is 5.50. The Morgan fingerprint density at radius 3 is 0.875 bits per heavy atom. The van der Waals surface area contributed by atoms with Crippen molar-refractivity contribution in [1.82, 2.24) is 0 Å². The maximum Gasteiger partial charge on any atom is -0.0302 e. The molecule has 0 heteroatoms. The molecule has 0 aliphatic carbocycles. The lowest BCUT2D eigenvalue weighted by Crippen LogP contribution is -2.03. The van der Waals surface area contributed by atoms with Gasteiger partial charge in [-0.25, -0.2) is 0 Å². The summed E-state index contributed by atoms with van der Waals surface area (Å²) in [5.41, 5.74) is 9.59. The zero-order valence-electron chi connectivity index (χ0n) is 17.8. The molecule has 0 radical (unpaired) electrons. The first-order chi connectivity index (χ1) is 11.6. The summed E-state index contributed by atoms with van der Waals surface area (Å²) in [5, 5.41) is 0. The van der Waals surface area contributed by atoms with Gasteiger partial charge in [0.1, 0.15) is 0 Å². The summed E-state index contributed by atoms with van der Waals surface area (Å²) in [6.45, 7) is 18.4. The largest absolute Gasteiger partial charge is 0.0813 e. The first-order valence-electron chi connectivity index (χ1n) is 10.4. The summed E-state index contributed by atoms with van der Waals surface area (Å²) >= 11 is 0. The van der Waals surface area contributed by atoms with Gasteiger partial charge in [-0.15, -0.1) is 0 Å². The molecule has 0 aliphatic rings. The fourth-order valence-electron chi connectivity index (χ4n) is 3.94. The molecule has 0 atom stereocenters. The first-order valence-corrected chi connectivity index (χ1v) is 10.4. The monoisotopic (exact) mass is 330 g/mol. The minimum Gasteiger partial charge on any atom is -0.0813 e. The van der Waals surface area contributed by atoms with Crippen LogP contribution in [0.5, 0.6) is 0 Å². The summed E-state index contributed by atoms with van der Waals surface area (Å²) < 4.78 is 0. The highest BCUT2D eigenvalue weighted by atomic mass is 14.2. The van der Waals surface area contributed by atoms with Gasteiger partial charge in [-0.1, -0.05) is 67.5 Å². The zero-order valence-corrected chi connectivity index (χ0v) is 17.8. The third-order valence-electron chi connectivity index (χ3n) is 4.95. The molecule has 24 heavy (non-hydrogen) atoms. The molecular weight excluding hydrogens is 288 g/mol. The number of allylic oxidation sites excluding steroid dienone is 8. The van der Waals surface area contributed by atoms with Gasteiger partial charge < -0.3 is 0 Å². The second-order valence-electron chi connectivity index (χ2n) is 6.31. The van der Waals surface area contributed by atoms with E-state index in [0.29, 0.717) is 0 Å². The van der Waals surface area contributed by atoms with Gasteiger partial charge in [0.15, 0.2) is 0 Å². The van der Waals surface area contributed by atoms with E-state index in [-0.39, 0.29) is 0 Å². The van der Waals surface area contributed by atoms with Crippen LogP contribution in [0.4, 0.5) is 0 Å². The normalized spacial score (nSPS) is 15.3. The van der Waals surface area contributed by atoms with E-state index < -0.39 is 0 Å². The fraction of sp³-hybridized carbons (Fsp3) is 0.667. The molecule has 0 amide bonds. The Morgan fingerprint density at radius 2 is 0.708 bits per heavy atom. The van der Waals surface area contributed by atoms with Crippen molar-refractivity contribution in [3.05, 3.63) is 45.6 Å². The molecule has 0 nitrogen and oxygen atoms in total. The van der Waals surface area contributed by atoms with Gasteiger partial charge in [0.05, 0.1) is 0 Å². The van der Waals surface area contributed by atoms with E-state index in [1.165, 1.54) is 0 Å².